The summed E-state index contributed by atoms with van der Waals surface area (Å²) < 4.78 is 7.81. The summed E-state index contributed by atoms with van der Waals surface area (Å²) in [6, 6.07) is 9.56. The molecule has 54 heavy (non-hydrogen) atoms. The molecule has 3 heterocycles. The maximum absolute atomic E-state index is 14.3. The zero-order valence-corrected chi connectivity index (χ0v) is 31.6. The Labute approximate surface area is 317 Å². The molecule has 14 nitrogen and oxygen atoms in total. The fourth-order valence-corrected chi connectivity index (χ4v) is 7.38. The molecule has 4 atom stereocenters. The number of nitrogens with zero attached hydrogens (tertiary/aromatic N) is 4. The Hall–Kier alpha value is -4.85. The molecule has 0 saturated carbocycles. The summed E-state index contributed by atoms with van der Waals surface area (Å²) in [6.07, 6.45) is 10.4. The molecule has 5 rings (SSSR count). The fraction of sp³-hybridized carbons (Fsp3) is 0.575. The van der Waals surface area contributed by atoms with Crippen LogP contribution in [0.1, 0.15) is 95.7 Å². The number of primary amides is 1. The second-order valence-corrected chi connectivity index (χ2v) is 15.0. The van der Waals surface area contributed by atoms with Crippen LogP contribution in [0.3, 0.4) is 0 Å². The third kappa shape index (κ3) is 11.3. The van der Waals surface area contributed by atoms with Gasteiger partial charge in [0.1, 0.15) is 24.2 Å². The van der Waals surface area contributed by atoms with Crippen molar-refractivity contribution in [3.63, 3.8) is 0 Å². The zero-order chi connectivity index (χ0) is 38.5. The Balaban J connectivity index is 1.43. The van der Waals surface area contributed by atoms with E-state index in [0.29, 0.717) is 38.8 Å². The highest BCUT2D eigenvalue weighted by Crippen LogP contribution is 2.23. The van der Waals surface area contributed by atoms with Crippen molar-refractivity contribution in [2.24, 2.45) is 11.7 Å². The molecule has 2 aromatic carbocycles. The van der Waals surface area contributed by atoms with Gasteiger partial charge in [-0.2, -0.15) is 0 Å². The first-order valence-corrected chi connectivity index (χ1v) is 19.5. The molecule has 5 amide bonds. The summed E-state index contributed by atoms with van der Waals surface area (Å²) >= 11 is 0. The van der Waals surface area contributed by atoms with E-state index in [2.05, 4.69) is 26.3 Å². The summed E-state index contributed by atoms with van der Waals surface area (Å²) in [5.74, 6) is -2.36. The number of amides is 5. The molecule has 2 aliphatic rings. The quantitative estimate of drug-likeness (QED) is 0.283. The zero-order valence-electron chi connectivity index (χ0n) is 31.6. The third-order valence-electron chi connectivity index (χ3n) is 10.3. The number of aryl methyl sites for hydroxylation is 1. The topological polar surface area (TPSA) is 191 Å². The number of fused-ring (bicyclic) bond motifs is 3. The minimum atomic E-state index is -1.24. The van der Waals surface area contributed by atoms with E-state index in [4.69, 9.17) is 10.5 Å². The highest BCUT2D eigenvalue weighted by atomic mass is 16.5. The van der Waals surface area contributed by atoms with Gasteiger partial charge in [0, 0.05) is 25.9 Å². The molecule has 292 valence electrons. The van der Waals surface area contributed by atoms with Crippen LogP contribution in [0.5, 0.6) is 0 Å². The maximum atomic E-state index is 14.3. The normalized spacial score (nSPS) is 22.2. The Morgan fingerprint density at radius 1 is 0.926 bits per heavy atom. The third-order valence-corrected chi connectivity index (χ3v) is 10.3. The van der Waals surface area contributed by atoms with Gasteiger partial charge in [0.15, 0.2) is 0 Å². The first-order chi connectivity index (χ1) is 26.1. The van der Waals surface area contributed by atoms with Crippen LogP contribution in [0, 0.1) is 5.92 Å². The van der Waals surface area contributed by atoms with Crippen molar-refractivity contribution in [2.75, 3.05) is 13.2 Å². The number of carbonyl (C=O) groups is 5. The van der Waals surface area contributed by atoms with Crippen molar-refractivity contribution in [3.8, 4) is 0 Å². The Kier molecular flexibility index (Phi) is 14.9. The maximum Gasteiger partial charge on any atom is 0.245 e. The first-order valence-electron chi connectivity index (χ1n) is 19.5. The van der Waals surface area contributed by atoms with Crippen LogP contribution in [0.15, 0.2) is 48.7 Å². The van der Waals surface area contributed by atoms with Gasteiger partial charge in [-0.05, 0) is 54.4 Å². The van der Waals surface area contributed by atoms with Gasteiger partial charge in [-0.3, -0.25) is 24.0 Å². The van der Waals surface area contributed by atoms with E-state index in [1.807, 2.05) is 56.3 Å². The minimum absolute atomic E-state index is 0.0518. The molecule has 1 aromatic heterocycles. The summed E-state index contributed by atoms with van der Waals surface area (Å²) in [5, 5.41) is 18.7. The molecular weight excluding hydrogens is 688 g/mol. The van der Waals surface area contributed by atoms with Crippen LogP contribution in [-0.2, 0) is 48.3 Å². The van der Waals surface area contributed by atoms with Gasteiger partial charge < -0.3 is 31.3 Å². The molecule has 0 bridgehead atoms. The molecular formula is C40H56N8O6. The molecule has 0 radical (unpaired) electrons. The molecule has 1 saturated heterocycles. The van der Waals surface area contributed by atoms with Gasteiger partial charge in [0.25, 0.3) is 0 Å². The lowest BCUT2D eigenvalue weighted by atomic mass is 9.97. The SMILES string of the molecule is CC(C)C[C@H](NC(=O)[C@@H]1COCc2cnnn2CCCCCCCCCC(=O)N2CCC[C@H]2C(=O)N[C@@H](Cc2cccc3ccccc23)C(=O)N1)C(N)=O. The second-order valence-electron chi connectivity index (χ2n) is 15.0. The number of ether oxygens (including phenoxy) is 1. The van der Waals surface area contributed by atoms with Crippen LogP contribution >= 0.6 is 0 Å². The van der Waals surface area contributed by atoms with E-state index < -0.39 is 47.8 Å². The van der Waals surface area contributed by atoms with E-state index in [-0.39, 0.29) is 31.5 Å². The van der Waals surface area contributed by atoms with E-state index >= 15 is 0 Å². The van der Waals surface area contributed by atoms with E-state index in [1.54, 1.807) is 15.8 Å². The standard InChI is InChI=1S/C40H56N8O6/c1-27(2)22-32(37(41)50)43-39(52)34-26-54-25-30-24-42-46-48(30)21-11-7-5-3-4-6-8-19-36(49)47-20-13-18-35(47)40(53)44-33(38(51)45-34)23-29-16-12-15-28-14-9-10-17-31(28)29/h9-10,12,14-17,24,27,32-35H,3-8,11,13,18-23,25-26H2,1-2H3,(H2,41,50)(H,43,52)(H,44,53)(H,45,51)/t32-,33-,34-,35-/m0/s1. The van der Waals surface area contributed by atoms with Crippen LogP contribution < -0.4 is 21.7 Å². The van der Waals surface area contributed by atoms with Crippen molar-refractivity contribution >= 4 is 40.3 Å². The predicted octanol–water partition coefficient (Wildman–Crippen LogP) is 3.30. The van der Waals surface area contributed by atoms with Gasteiger partial charge >= 0.3 is 0 Å². The summed E-state index contributed by atoms with van der Waals surface area (Å²) in [4.78, 5) is 69.5. The van der Waals surface area contributed by atoms with Crippen molar-refractivity contribution in [1.29, 1.82) is 0 Å². The fourth-order valence-electron chi connectivity index (χ4n) is 7.38. The van der Waals surface area contributed by atoms with Crippen LogP contribution in [0.4, 0.5) is 0 Å². The summed E-state index contributed by atoms with van der Waals surface area (Å²) in [6.45, 7) is 4.82. The van der Waals surface area contributed by atoms with Crippen LogP contribution in [0.2, 0.25) is 0 Å². The van der Waals surface area contributed by atoms with Gasteiger partial charge in [-0.1, -0.05) is 93.6 Å². The Morgan fingerprint density at radius 2 is 1.67 bits per heavy atom. The summed E-state index contributed by atoms with van der Waals surface area (Å²) in [7, 11) is 0. The average molecular weight is 745 g/mol. The van der Waals surface area contributed by atoms with E-state index in [1.165, 1.54) is 0 Å². The number of hydrogen-bond donors (Lipinski definition) is 4. The van der Waals surface area contributed by atoms with Gasteiger partial charge in [-0.15, -0.1) is 5.10 Å². The second kappa shape index (κ2) is 20.0. The number of carbonyl (C=O) groups excluding carboxylic acids is 5. The first kappa shape index (κ1) is 40.3. The average Bonchev–Trinajstić information content (AvgIpc) is 3.83. The van der Waals surface area contributed by atoms with Crippen LogP contribution in [-0.4, -0.2) is 86.7 Å². The van der Waals surface area contributed by atoms with Gasteiger partial charge in [-0.25, -0.2) is 4.68 Å². The molecule has 14 heteroatoms. The van der Waals surface area contributed by atoms with Gasteiger partial charge in [0.2, 0.25) is 29.5 Å². The van der Waals surface area contributed by atoms with Crippen LogP contribution in [0.25, 0.3) is 10.8 Å². The number of rotatable bonds is 7. The molecule has 3 aromatic rings. The smallest absolute Gasteiger partial charge is 0.245 e. The highest BCUT2D eigenvalue weighted by molar-refractivity contribution is 5.96. The lowest BCUT2D eigenvalue weighted by Gasteiger charge is -2.28. The summed E-state index contributed by atoms with van der Waals surface area (Å²) in [5.41, 5.74) is 7.21. The molecule has 0 aliphatic carbocycles. The Morgan fingerprint density at radius 3 is 2.44 bits per heavy atom. The van der Waals surface area contributed by atoms with Crippen molar-refractivity contribution in [1.82, 2.24) is 35.8 Å². The van der Waals surface area contributed by atoms with Gasteiger partial charge in [0.05, 0.1) is 25.1 Å². The predicted molar refractivity (Wildman–Crippen MR) is 203 cm³/mol. The Bertz CT molecular complexity index is 1740. The lowest BCUT2D eigenvalue weighted by molar-refractivity contribution is -0.140. The number of nitrogens with one attached hydrogen (secondary N) is 3. The highest BCUT2D eigenvalue weighted by Gasteiger charge is 2.37. The van der Waals surface area contributed by atoms with Crippen molar-refractivity contribution in [3.05, 3.63) is 59.9 Å². The number of hydrogen-bond acceptors (Lipinski definition) is 8. The number of nitrogens with two attached hydrogens (primary N) is 1. The number of aromatic nitrogens is 3. The molecule has 0 unspecified atom stereocenters. The molecule has 1 fully saturated rings. The minimum Gasteiger partial charge on any atom is -0.372 e. The largest absolute Gasteiger partial charge is 0.372 e. The monoisotopic (exact) mass is 744 g/mol. The van der Waals surface area contributed by atoms with Crippen molar-refractivity contribution in [2.45, 2.75) is 128 Å². The van der Waals surface area contributed by atoms with E-state index in [9.17, 15) is 24.0 Å². The molecule has 5 N–H and O–H groups in total. The molecule has 0 spiro atoms. The lowest BCUT2D eigenvalue weighted by Crippen LogP contribution is -2.59. The van der Waals surface area contributed by atoms with E-state index in [0.717, 1.165) is 67.0 Å². The molecule has 2 aliphatic heterocycles. The van der Waals surface area contributed by atoms with Crippen molar-refractivity contribution < 1.29 is 28.7 Å². The number of benzene rings is 2.